The van der Waals surface area contributed by atoms with Crippen molar-refractivity contribution in [3.8, 4) is 5.69 Å². The van der Waals surface area contributed by atoms with Gasteiger partial charge in [-0.1, -0.05) is 19.1 Å². The topological polar surface area (TPSA) is 47.8 Å². The molecule has 4 nitrogen and oxygen atoms in total. The zero-order chi connectivity index (χ0) is 18.5. The number of nitrogens with zero attached hydrogens (tertiary/aromatic N) is 3. The lowest BCUT2D eigenvalue weighted by Gasteiger charge is -2.16. The molecule has 0 atom stereocenters. The van der Waals surface area contributed by atoms with Crippen molar-refractivity contribution < 1.29 is 13.2 Å². The number of aromatic nitrogens is 3. The average Bonchev–Trinajstić information content (AvgIpc) is 3.45. The van der Waals surface area contributed by atoms with E-state index in [0.717, 1.165) is 29.2 Å². The third-order valence-corrected chi connectivity index (χ3v) is 4.67. The van der Waals surface area contributed by atoms with E-state index >= 15 is 0 Å². The molecule has 0 radical (unpaired) electrons. The molecule has 3 aromatic rings. The fourth-order valence-electron chi connectivity index (χ4n) is 3.28. The van der Waals surface area contributed by atoms with E-state index in [-0.39, 0.29) is 5.69 Å². The maximum absolute atomic E-state index is 13.4. The number of benzene rings is 1. The molecular formula is C19H16F3N3O. The van der Waals surface area contributed by atoms with Crippen LogP contribution < -0.4 is 5.69 Å². The van der Waals surface area contributed by atoms with E-state index < -0.39 is 17.6 Å². The van der Waals surface area contributed by atoms with Gasteiger partial charge in [0.15, 0.2) is 5.69 Å². The van der Waals surface area contributed by atoms with E-state index in [1.165, 1.54) is 12.1 Å². The Balaban J connectivity index is 2.09. The summed E-state index contributed by atoms with van der Waals surface area (Å²) in [7, 11) is 0. The van der Waals surface area contributed by atoms with Gasteiger partial charge in [-0.05, 0) is 48.9 Å². The van der Waals surface area contributed by atoms with E-state index in [9.17, 15) is 18.0 Å². The van der Waals surface area contributed by atoms with Crippen LogP contribution in [0.1, 0.15) is 42.6 Å². The van der Waals surface area contributed by atoms with Crippen LogP contribution in [-0.2, 0) is 12.6 Å². The Morgan fingerprint density at radius 3 is 2.65 bits per heavy atom. The molecule has 0 aliphatic heterocycles. The summed E-state index contributed by atoms with van der Waals surface area (Å²) in [5, 5.41) is 0.688. The van der Waals surface area contributed by atoms with Crippen LogP contribution in [0.4, 0.5) is 13.2 Å². The molecule has 4 rings (SSSR count). The van der Waals surface area contributed by atoms with Gasteiger partial charge in [-0.15, -0.1) is 0 Å². The monoisotopic (exact) mass is 359 g/mol. The predicted molar refractivity (Wildman–Crippen MR) is 91.5 cm³/mol. The minimum atomic E-state index is -4.67. The number of pyridine rings is 1. The van der Waals surface area contributed by atoms with Crippen LogP contribution in [0.2, 0.25) is 0 Å². The Bertz CT molecular complexity index is 1050. The first-order valence-corrected chi connectivity index (χ1v) is 8.48. The van der Waals surface area contributed by atoms with Crippen molar-refractivity contribution in [1.82, 2.24) is 14.5 Å². The highest BCUT2D eigenvalue weighted by Crippen LogP contribution is 2.41. The minimum absolute atomic E-state index is 0.293. The normalized spacial score (nSPS) is 14.8. The minimum Gasteiger partial charge on any atom is -0.258 e. The van der Waals surface area contributed by atoms with Crippen LogP contribution >= 0.6 is 0 Å². The van der Waals surface area contributed by atoms with Gasteiger partial charge in [-0.25, -0.2) is 9.78 Å². The molecule has 2 aromatic heterocycles. The van der Waals surface area contributed by atoms with Gasteiger partial charge in [-0.2, -0.15) is 18.2 Å². The second-order valence-electron chi connectivity index (χ2n) is 6.45. The highest BCUT2D eigenvalue weighted by atomic mass is 19.4. The van der Waals surface area contributed by atoms with Crippen LogP contribution in [0, 0.1) is 0 Å². The maximum Gasteiger partial charge on any atom is 0.435 e. The van der Waals surface area contributed by atoms with Gasteiger partial charge in [0.25, 0.3) is 0 Å². The summed E-state index contributed by atoms with van der Waals surface area (Å²) in [4.78, 5) is 20.1. The van der Waals surface area contributed by atoms with Crippen molar-refractivity contribution in [3.05, 3.63) is 64.0 Å². The van der Waals surface area contributed by atoms with Crippen LogP contribution in [0.15, 0.2) is 41.3 Å². The number of halogens is 3. The molecule has 7 heteroatoms. The first kappa shape index (κ1) is 16.8. The van der Waals surface area contributed by atoms with Gasteiger partial charge in [0, 0.05) is 11.6 Å². The van der Waals surface area contributed by atoms with Crippen molar-refractivity contribution in [1.29, 1.82) is 0 Å². The molecule has 1 aromatic carbocycles. The molecule has 0 amide bonds. The molecule has 1 aliphatic carbocycles. The molecule has 0 unspecified atom stereocenters. The second-order valence-corrected chi connectivity index (χ2v) is 6.45. The Morgan fingerprint density at radius 2 is 2.00 bits per heavy atom. The lowest BCUT2D eigenvalue weighted by Crippen LogP contribution is -2.26. The highest BCUT2D eigenvalue weighted by molar-refractivity contribution is 5.84. The second kappa shape index (κ2) is 5.93. The van der Waals surface area contributed by atoms with Gasteiger partial charge >= 0.3 is 11.9 Å². The Kier molecular flexibility index (Phi) is 3.82. The van der Waals surface area contributed by atoms with Gasteiger partial charge in [0.1, 0.15) is 0 Å². The van der Waals surface area contributed by atoms with Crippen molar-refractivity contribution in [2.45, 2.75) is 38.3 Å². The average molecular weight is 359 g/mol. The Morgan fingerprint density at radius 1 is 1.23 bits per heavy atom. The number of hydrogen-bond acceptors (Lipinski definition) is 3. The molecule has 0 spiro atoms. The third kappa shape index (κ3) is 2.77. The summed E-state index contributed by atoms with van der Waals surface area (Å²) in [5.74, 6) is 0.414. The quantitative estimate of drug-likeness (QED) is 0.703. The van der Waals surface area contributed by atoms with E-state index in [0.29, 0.717) is 28.9 Å². The molecule has 0 saturated heterocycles. The fraction of sp³-hybridized carbons (Fsp3) is 0.316. The zero-order valence-corrected chi connectivity index (χ0v) is 14.0. The van der Waals surface area contributed by atoms with Crippen molar-refractivity contribution in [2.75, 3.05) is 0 Å². The molecule has 0 bridgehead atoms. The summed E-state index contributed by atoms with van der Waals surface area (Å²) < 4.78 is 41.3. The summed E-state index contributed by atoms with van der Waals surface area (Å²) in [6.07, 6.45) is -0.957. The van der Waals surface area contributed by atoms with E-state index in [1.54, 1.807) is 0 Å². The van der Waals surface area contributed by atoms with Crippen LogP contribution in [0.5, 0.6) is 0 Å². The standard InChI is InChI=1S/C19H16F3N3O/c1-2-14-13-8-7-12(11-5-6-11)10-16(13)25(18(26)24-14)15-4-3-9-23-17(15)19(20,21)22/h3-4,7-11H,2,5-6H2,1H3. The van der Waals surface area contributed by atoms with Gasteiger partial charge in [-0.3, -0.25) is 4.57 Å². The fourth-order valence-corrected chi connectivity index (χ4v) is 3.28. The highest BCUT2D eigenvalue weighted by Gasteiger charge is 2.36. The number of aryl methyl sites for hydroxylation is 1. The van der Waals surface area contributed by atoms with Gasteiger partial charge < -0.3 is 0 Å². The summed E-state index contributed by atoms with van der Waals surface area (Å²) in [6.45, 7) is 1.87. The van der Waals surface area contributed by atoms with Crippen molar-refractivity contribution in [3.63, 3.8) is 0 Å². The lowest BCUT2D eigenvalue weighted by atomic mass is 10.1. The van der Waals surface area contributed by atoms with Crippen LogP contribution in [-0.4, -0.2) is 14.5 Å². The molecule has 134 valence electrons. The van der Waals surface area contributed by atoms with Crippen molar-refractivity contribution >= 4 is 10.9 Å². The zero-order valence-electron chi connectivity index (χ0n) is 14.0. The number of alkyl halides is 3. The van der Waals surface area contributed by atoms with E-state index in [4.69, 9.17) is 0 Å². The van der Waals surface area contributed by atoms with Crippen LogP contribution in [0.25, 0.3) is 16.6 Å². The van der Waals surface area contributed by atoms with Gasteiger partial charge in [0.05, 0.1) is 16.9 Å². The summed E-state index contributed by atoms with van der Waals surface area (Å²) in [6, 6.07) is 8.30. The molecule has 1 saturated carbocycles. The van der Waals surface area contributed by atoms with E-state index in [1.807, 2.05) is 25.1 Å². The van der Waals surface area contributed by atoms with E-state index in [2.05, 4.69) is 9.97 Å². The van der Waals surface area contributed by atoms with Crippen molar-refractivity contribution in [2.24, 2.45) is 0 Å². The predicted octanol–water partition coefficient (Wildman–Crippen LogP) is 4.24. The molecule has 1 fully saturated rings. The Labute approximate surface area is 147 Å². The first-order chi connectivity index (χ1) is 12.4. The molecule has 2 heterocycles. The molecule has 1 aliphatic rings. The number of rotatable bonds is 3. The van der Waals surface area contributed by atoms with Gasteiger partial charge in [0.2, 0.25) is 0 Å². The SMILES string of the molecule is CCc1nc(=O)n(-c2cccnc2C(F)(F)F)c2cc(C3CC3)ccc12. The molecular weight excluding hydrogens is 343 g/mol. The van der Waals surface area contributed by atoms with Crippen LogP contribution in [0.3, 0.4) is 0 Å². The first-order valence-electron chi connectivity index (χ1n) is 8.48. The molecule has 0 N–H and O–H groups in total. The largest absolute Gasteiger partial charge is 0.435 e. The number of hydrogen-bond donors (Lipinski definition) is 0. The lowest BCUT2D eigenvalue weighted by molar-refractivity contribution is -0.141. The maximum atomic E-state index is 13.4. The number of fused-ring (bicyclic) bond motifs is 1. The summed E-state index contributed by atoms with van der Waals surface area (Å²) in [5.41, 5.74) is -0.0349. The molecule has 26 heavy (non-hydrogen) atoms. The summed E-state index contributed by atoms with van der Waals surface area (Å²) >= 11 is 0. The third-order valence-electron chi connectivity index (χ3n) is 4.67. The Hall–Kier alpha value is -2.70. The smallest absolute Gasteiger partial charge is 0.258 e.